The molecule has 0 radical (unpaired) electrons. The molecule has 4 heteroatoms. The van der Waals surface area contributed by atoms with Gasteiger partial charge in [-0.25, -0.2) is 0 Å². The number of carboxylic acid groups (broad SMARTS) is 1. The van der Waals surface area contributed by atoms with Crippen molar-refractivity contribution in [2.24, 2.45) is 5.92 Å². The molecule has 3 rings (SSSR count). The van der Waals surface area contributed by atoms with E-state index in [1.165, 1.54) is 0 Å². The average molecular weight is 262 g/mol. The summed E-state index contributed by atoms with van der Waals surface area (Å²) in [5.74, 6) is 0.479. The van der Waals surface area contributed by atoms with Crippen molar-refractivity contribution in [3.8, 4) is 5.75 Å². The van der Waals surface area contributed by atoms with Crippen LogP contribution in [-0.2, 0) is 14.9 Å². The summed E-state index contributed by atoms with van der Waals surface area (Å²) in [6.07, 6.45) is 0.684. The quantitative estimate of drug-likeness (QED) is 0.903. The molecule has 2 fully saturated rings. The van der Waals surface area contributed by atoms with Gasteiger partial charge in [0.1, 0.15) is 5.75 Å². The van der Waals surface area contributed by atoms with Crippen LogP contribution in [0.3, 0.4) is 0 Å². The molecule has 0 bridgehead atoms. The number of benzene rings is 1. The highest BCUT2D eigenvalue weighted by atomic mass is 16.5. The van der Waals surface area contributed by atoms with E-state index in [2.05, 4.69) is 0 Å². The Labute approximate surface area is 112 Å². The Morgan fingerprint density at radius 2 is 2.16 bits per heavy atom. The first kappa shape index (κ1) is 12.5. The summed E-state index contributed by atoms with van der Waals surface area (Å²) in [6, 6.07) is 5.90. The lowest BCUT2D eigenvalue weighted by Crippen LogP contribution is -2.27. The molecular weight excluding hydrogens is 244 g/mol. The third-order valence-corrected chi connectivity index (χ3v) is 4.50. The van der Waals surface area contributed by atoms with Gasteiger partial charge in [0.2, 0.25) is 0 Å². The normalized spacial score (nSPS) is 29.7. The topological polar surface area (TPSA) is 55.8 Å². The second kappa shape index (κ2) is 4.23. The first-order valence-electron chi connectivity index (χ1n) is 6.59. The monoisotopic (exact) mass is 262 g/mol. The SMILES string of the molecule is COc1ccc(C2COC2)cc1C1(C(=O)O)CC1C. The van der Waals surface area contributed by atoms with E-state index in [1.807, 2.05) is 25.1 Å². The number of aliphatic carboxylic acids is 1. The van der Waals surface area contributed by atoms with Crippen molar-refractivity contribution in [2.45, 2.75) is 24.7 Å². The Bertz CT molecular complexity index is 521. The van der Waals surface area contributed by atoms with Crippen LogP contribution in [0, 0.1) is 5.92 Å². The van der Waals surface area contributed by atoms with Crippen LogP contribution in [0.25, 0.3) is 0 Å². The highest BCUT2D eigenvalue weighted by Crippen LogP contribution is 2.57. The van der Waals surface area contributed by atoms with Gasteiger partial charge < -0.3 is 14.6 Å². The fraction of sp³-hybridized carbons (Fsp3) is 0.533. The van der Waals surface area contributed by atoms with Crippen LogP contribution in [0.5, 0.6) is 5.75 Å². The number of carboxylic acids is 1. The Kier molecular flexibility index (Phi) is 2.78. The van der Waals surface area contributed by atoms with Gasteiger partial charge in [-0.2, -0.15) is 0 Å². The lowest BCUT2D eigenvalue weighted by molar-refractivity contribution is -0.140. The molecular formula is C15H18O4. The summed E-state index contributed by atoms with van der Waals surface area (Å²) in [5.41, 5.74) is 1.22. The zero-order valence-electron chi connectivity index (χ0n) is 11.2. The van der Waals surface area contributed by atoms with Crippen LogP contribution < -0.4 is 4.74 Å². The Morgan fingerprint density at radius 3 is 2.58 bits per heavy atom. The Morgan fingerprint density at radius 1 is 1.47 bits per heavy atom. The second-order valence-corrected chi connectivity index (χ2v) is 5.58. The van der Waals surface area contributed by atoms with E-state index < -0.39 is 11.4 Å². The summed E-state index contributed by atoms with van der Waals surface area (Å²) in [6.45, 7) is 3.43. The fourth-order valence-electron chi connectivity index (χ4n) is 2.97. The third kappa shape index (κ3) is 1.74. The molecule has 4 nitrogen and oxygen atoms in total. The lowest BCUT2D eigenvalue weighted by Gasteiger charge is -2.28. The minimum Gasteiger partial charge on any atom is -0.496 e. The maximum absolute atomic E-state index is 11.6. The minimum atomic E-state index is -0.758. The van der Waals surface area contributed by atoms with Gasteiger partial charge in [-0.05, 0) is 24.0 Å². The summed E-state index contributed by atoms with van der Waals surface area (Å²) in [5, 5.41) is 9.57. The van der Waals surface area contributed by atoms with Gasteiger partial charge in [-0.1, -0.05) is 19.1 Å². The highest BCUT2D eigenvalue weighted by molar-refractivity contribution is 5.87. The third-order valence-electron chi connectivity index (χ3n) is 4.50. The first-order valence-corrected chi connectivity index (χ1v) is 6.59. The zero-order chi connectivity index (χ0) is 13.6. The van der Waals surface area contributed by atoms with E-state index in [-0.39, 0.29) is 5.92 Å². The van der Waals surface area contributed by atoms with Crippen LogP contribution in [0.15, 0.2) is 18.2 Å². The van der Waals surface area contributed by atoms with E-state index in [4.69, 9.17) is 9.47 Å². The molecule has 1 heterocycles. The largest absolute Gasteiger partial charge is 0.496 e. The van der Waals surface area contributed by atoms with Gasteiger partial charge in [-0.3, -0.25) is 4.79 Å². The molecule has 1 N–H and O–H groups in total. The van der Waals surface area contributed by atoms with E-state index in [9.17, 15) is 9.90 Å². The zero-order valence-corrected chi connectivity index (χ0v) is 11.2. The van der Waals surface area contributed by atoms with E-state index in [0.717, 1.165) is 24.3 Å². The van der Waals surface area contributed by atoms with E-state index >= 15 is 0 Å². The smallest absolute Gasteiger partial charge is 0.314 e. The number of ether oxygens (including phenoxy) is 2. The molecule has 1 aliphatic carbocycles. The van der Waals surface area contributed by atoms with Gasteiger partial charge >= 0.3 is 5.97 Å². The van der Waals surface area contributed by atoms with Crippen LogP contribution in [0.2, 0.25) is 0 Å². The molecule has 102 valence electrons. The minimum absolute atomic E-state index is 0.159. The number of hydrogen-bond acceptors (Lipinski definition) is 3. The first-order chi connectivity index (χ1) is 9.09. The van der Waals surface area contributed by atoms with Crippen molar-refractivity contribution in [3.05, 3.63) is 29.3 Å². The van der Waals surface area contributed by atoms with Crippen LogP contribution >= 0.6 is 0 Å². The van der Waals surface area contributed by atoms with Gasteiger partial charge in [0.05, 0.1) is 25.7 Å². The molecule has 19 heavy (non-hydrogen) atoms. The molecule has 1 aromatic carbocycles. The molecule has 0 amide bonds. The molecule has 0 aromatic heterocycles. The predicted octanol–water partition coefficient (Wildman–Crippen LogP) is 2.17. The fourth-order valence-corrected chi connectivity index (χ4v) is 2.97. The summed E-state index contributed by atoms with van der Waals surface area (Å²) in [7, 11) is 1.59. The van der Waals surface area contributed by atoms with Gasteiger partial charge in [0, 0.05) is 11.5 Å². The summed E-state index contributed by atoms with van der Waals surface area (Å²) >= 11 is 0. The van der Waals surface area contributed by atoms with E-state index in [0.29, 0.717) is 18.1 Å². The number of carbonyl (C=O) groups is 1. The molecule has 2 aliphatic rings. The lowest BCUT2D eigenvalue weighted by atomic mass is 9.87. The number of rotatable bonds is 4. The molecule has 2 unspecified atom stereocenters. The van der Waals surface area contributed by atoms with Crippen molar-refractivity contribution in [2.75, 3.05) is 20.3 Å². The highest BCUT2D eigenvalue weighted by Gasteiger charge is 2.60. The van der Waals surface area contributed by atoms with Crippen molar-refractivity contribution in [1.29, 1.82) is 0 Å². The van der Waals surface area contributed by atoms with Gasteiger partial charge in [0.15, 0.2) is 0 Å². The van der Waals surface area contributed by atoms with Gasteiger partial charge in [0.25, 0.3) is 0 Å². The predicted molar refractivity (Wildman–Crippen MR) is 69.6 cm³/mol. The Hall–Kier alpha value is -1.55. The molecule has 1 saturated heterocycles. The molecule has 1 aliphatic heterocycles. The van der Waals surface area contributed by atoms with Crippen molar-refractivity contribution in [1.82, 2.24) is 0 Å². The number of hydrogen-bond donors (Lipinski definition) is 1. The van der Waals surface area contributed by atoms with Crippen molar-refractivity contribution >= 4 is 5.97 Å². The van der Waals surface area contributed by atoms with Gasteiger partial charge in [-0.15, -0.1) is 0 Å². The Balaban J connectivity index is 2.05. The molecule has 1 saturated carbocycles. The van der Waals surface area contributed by atoms with E-state index in [1.54, 1.807) is 7.11 Å². The summed E-state index contributed by atoms with van der Waals surface area (Å²) < 4.78 is 10.6. The molecule has 1 aromatic rings. The van der Waals surface area contributed by atoms with Crippen molar-refractivity contribution < 1.29 is 19.4 Å². The average Bonchev–Trinajstić information content (AvgIpc) is 3.00. The second-order valence-electron chi connectivity index (χ2n) is 5.58. The van der Waals surface area contributed by atoms with Crippen molar-refractivity contribution in [3.63, 3.8) is 0 Å². The maximum atomic E-state index is 11.6. The maximum Gasteiger partial charge on any atom is 0.314 e. The summed E-state index contributed by atoms with van der Waals surface area (Å²) in [4.78, 5) is 11.6. The van der Waals surface area contributed by atoms with Crippen LogP contribution in [-0.4, -0.2) is 31.4 Å². The molecule has 0 spiro atoms. The van der Waals surface area contributed by atoms with Crippen LogP contribution in [0.4, 0.5) is 0 Å². The number of methoxy groups -OCH3 is 1. The van der Waals surface area contributed by atoms with Crippen LogP contribution in [0.1, 0.15) is 30.4 Å². The molecule has 2 atom stereocenters. The standard InChI is InChI=1S/C15H18O4/c1-9-6-15(9,14(16)17)12-5-10(11-7-19-8-11)3-4-13(12)18-2/h3-5,9,11H,6-8H2,1-2H3,(H,16,17).